The lowest BCUT2D eigenvalue weighted by Crippen LogP contribution is -2.53. The van der Waals surface area contributed by atoms with E-state index in [-0.39, 0.29) is 6.42 Å². The van der Waals surface area contributed by atoms with Gasteiger partial charge in [-0.05, 0) is 40.0 Å². The van der Waals surface area contributed by atoms with E-state index < -0.39 is 29.7 Å². The first-order valence-corrected chi connectivity index (χ1v) is 6.11. The minimum atomic E-state index is -1.33. The molecule has 1 heterocycles. The molecule has 0 amide bonds. The predicted octanol–water partition coefficient (Wildman–Crippen LogP) is 1.83. The Balaban J connectivity index is 2.95. The van der Waals surface area contributed by atoms with Crippen LogP contribution in [0, 0.1) is 0 Å². The third kappa shape index (κ3) is 3.45. The van der Waals surface area contributed by atoms with Crippen molar-refractivity contribution < 1.29 is 25.2 Å². The summed E-state index contributed by atoms with van der Waals surface area (Å²) in [5, 5.41) is 0. The molecule has 18 heavy (non-hydrogen) atoms. The molecule has 0 radical (unpaired) electrons. The minimum absolute atomic E-state index is 0.182. The van der Waals surface area contributed by atoms with Crippen molar-refractivity contribution in [3.63, 3.8) is 0 Å². The van der Waals surface area contributed by atoms with Crippen molar-refractivity contribution in [2.75, 3.05) is 13.7 Å². The third-order valence-corrected chi connectivity index (χ3v) is 3.09. The summed E-state index contributed by atoms with van der Waals surface area (Å²) in [6.45, 7) is 4.19. The molecule has 5 heteroatoms. The van der Waals surface area contributed by atoms with Gasteiger partial charge in [0.15, 0.2) is 5.60 Å². The van der Waals surface area contributed by atoms with Gasteiger partial charge < -0.3 is 14.2 Å². The molecule has 2 unspecified atom stereocenters. The molecule has 104 valence electrons. The quantitative estimate of drug-likeness (QED) is 0.722. The van der Waals surface area contributed by atoms with E-state index in [1.165, 1.54) is 14.0 Å². The molecule has 1 aliphatic rings. The van der Waals surface area contributed by atoms with Crippen LogP contribution < -0.4 is 0 Å². The Hall–Kier alpha value is -1.10. The first-order valence-electron chi connectivity index (χ1n) is 6.69. The molecule has 1 fully saturated rings. The number of hydrogen-bond donors (Lipinski definition) is 0. The second kappa shape index (κ2) is 5.69. The topological polar surface area (TPSA) is 61.8 Å². The Morgan fingerprint density at radius 1 is 1.39 bits per heavy atom. The molecule has 0 aliphatic carbocycles. The number of hydrogen-bond acceptors (Lipinski definition) is 5. The van der Waals surface area contributed by atoms with Gasteiger partial charge in [-0.2, -0.15) is 0 Å². The molecule has 0 aromatic carbocycles. The van der Waals surface area contributed by atoms with Crippen LogP contribution in [0.15, 0.2) is 0 Å². The van der Waals surface area contributed by atoms with Crippen LogP contribution >= 0.6 is 0 Å². The molecule has 0 aromatic rings. The normalized spacial score (nSPS) is 29.0. The molecule has 1 saturated heterocycles. The molecule has 0 aromatic heterocycles. The number of carbonyl (C=O) groups is 2. The summed E-state index contributed by atoms with van der Waals surface area (Å²) in [5.74, 6) is -1.18. The average molecular weight is 260 g/mol. The standard InChI is InChI=1S/C13H22O5/c1-5-17-11(15)13(9-10(14)16-4)8-6-7-12(2,3)18-13/h5-9H2,1-4H3/i5T. The van der Waals surface area contributed by atoms with Gasteiger partial charge in [-0.1, -0.05) is 0 Å². The lowest BCUT2D eigenvalue weighted by molar-refractivity contribution is -0.211. The fraction of sp³-hybridized carbons (Fsp3) is 0.846. The number of esters is 2. The molecular formula is C13H22O5. The monoisotopic (exact) mass is 260 g/mol. The third-order valence-electron chi connectivity index (χ3n) is 3.09. The number of methoxy groups -OCH3 is 1. The fourth-order valence-electron chi connectivity index (χ4n) is 2.29. The van der Waals surface area contributed by atoms with Gasteiger partial charge in [-0.15, -0.1) is 0 Å². The van der Waals surface area contributed by atoms with Crippen LogP contribution in [0.5, 0.6) is 0 Å². The Morgan fingerprint density at radius 2 is 2.06 bits per heavy atom. The predicted molar refractivity (Wildman–Crippen MR) is 65.0 cm³/mol. The van der Waals surface area contributed by atoms with E-state index >= 15 is 0 Å². The molecule has 2 atom stereocenters. The SMILES string of the molecule is [3H]C(C)OC(=O)C1(CC(=O)OC)CCCC(C)(C)O1. The van der Waals surface area contributed by atoms with Crippen LogP contribution in [0.1, 0.15) is 47.8 Å². The van der Waals surface area contributed by atoms with Crippen molar-refractivity contribution in [1.29, 1.82) is 0 Å². The highest BCUT2D eigenvalue weighted by atomic mass is 16.6. The first-order chi connectivity index (χ1) is 8.71. The van der Waals surface area contributed by atoms with Gasteiger partial charge in [0.1, 0.15) is 0 Å². The summed E-state index contributed by atoms with van der Waals surface area (Å²) in [6, 6.07) is 0. The van der Waals surface area contributed by atoms with Gasteiger partial charge in [0.2, 0.25) is 0 Å². The zero-order valence-corrected chi connectivity index (χ0v) is 11.4. The van der Waals surface area contributed by atoms with E-state index in [0.29, 0.717) is 6.42 Å². The largest absolute Gasteiger partial charge is 0.469 e. The lowest BCUT2D eigenvalue weighted by atomic mass is 9.84. The Morgan fingerprint density at radius 3 is 2.56 bits per heavy atom. The van der Waals surface area contributed by atoms with E-state index in [0.717, 1.165) is 12.8 Å². The highest BCUT2D eigenvalue weighted by Gasteiger charge is 2.49. The zero-order valence-electron chi connectivity index (χ0n) is 12.4. The second-order valence-corrected chi connectivity index (χ2v) is 5.10. The maximum absolute atomic E-state index is 12.2. The smallest absolute Gasteiger partial charge is 0.339 e. The number of carbonyl (C=O) groups excluding carboxylic acids is 2. The highest BCUT2D eigenvalue weighted by molar-refractivity contribution is 5.86. The van der Waals surface area contributed by atoms with Crippen molar-refractivity contribution in [2.45, 2.75) is 57.7 Å². The zero-order chi connectivity index (χ0) is 14.7. The van der Waals surface area contributed by atoms with Crippen molar-refractivity contribution >= 4 is 11.9 Å². The average Bonchev–Trinajstić information content (AvgIpc) is 2.26. The molecular weight excluding hydrogens is 236 g/mol. The van der Waals surface area contributed by atoms with E-state index in [9.17, 15) is 9.59 Å². The fourth-order valence-corrected chi connectivity index (χ4v) is 2.29. The van der Waals surface area contributed by atoms with Gasteiger partial charge >= 0.3 is 11.9 Å². The molecule has 1 rings (SSSR count). The summed E-state index contributed by atoms with van der Waals surface area (Å²) in [5.41, 5.74) is -1.83. The summed E-state index contributed by atoms with van der Waals surface area (Å²) in [7, 11) is 1.27. The Bertz CT molecular complexity index is 353. The molecule has 0 saturated carbocycles. The van der Waals surface area contributed by atoms with Crippen molar-refractivity contribution in [2.24, 2.45) is 0 Å². The summed E-state index contributed by atoms with van der Waals surface area (Å²) >= 11 is 0. The van der Waals surface area contributed by atoms with Gasteiger partial charge in [0.05, 0.1) is 27.1 Å². The molecule has 0 bridgehead atoms. The Labute approximate surface area is 109 Å². The first kappa shape index (κ1) is 13.3. The van der Waals surface area contributed by atoms with Gasteiger partial charge in [0, 0.05) is 0 Å². The van der Waals surface area contributed by atoms with Crippen molar-refractivity contribution in [3.8, 4) is 0 Å². The summed E-state index contributed by atoms with van der Waals surface area (Å²) < 4.78 is 22.7. The Kier molecular flexibility index (Phi) is 4.22. The number of rotatable bonds is 4. The highest BCUT2D eigenvalue weighted by Crippen LogP contribution is 2.38. The van der Waals surface area contributed by atoms with E-state index in [2.05, 4.69) is 4.74 Å². The van der Waals surface area contributed by atoms with E-state index in [1.807, 2.05) is 13.8 Å². The summed E-state index contributed by atoms with van der Waals surface area (Å²) in [6.07, 6.45) is 1.78. The number of ether oxygens (including phenoxy) is 3. The minimum Gasteiger partial charge on any atom is -0.469 e. The lowest BCUT2D eigenvalue weighted by Gasteiger charge is -2.42. The van der Waals surface area contributed by atoms with Crippen LogP contribution in [0.3, 0.4) is 0 Å². The van der Waals surface area contributed by atoms with Crippen molar-refractivity contribution in [1.82, 2.24) is 0 Å². The van der Waals surface area contributed by atoms with Gasteiger partial charge in [-0.3, -0.25) is 4.79 Å². The van der Waals surface area contributed by atoms with Crippen LogP contribution in [0.25, 0.3) is 0 Å². The maximum Gasteiger partial charge on any atom is 0.339 e. The van der Waals surface area contributed by atoms with Crippen LogP contribution in [0.2, 0.25) is 0 Å². The van der Waals surface area contributed by atoms with Crippen molar-refractivity contribution in [3.05, 3.63) is 0 Å². The molecule has 1 aliphatic heterocycles. The molecule has 0 spiro atoms. The van der Waals surface area contributed by atoms with E-state index in [1.54, 1.807) is 0 Å². The van der Waals surface area contributed by atoms with Gasteiger partial charge in [-0.25, -0.2) is 4.79 Å². The van der Waals surface area contributed by atoms with Crippen LogP contribution in [0.4, 0.5) is 0 Å². The maximum atomic E-state index is 12.2. The van der Waals surface area contributed by atoms with Crippen LogP contribution in [-0.4, -0.2) is 36.8 Å². The van der Waals surface area contributed by atoms with E-state index in [4.69, 9.17) is 10.8 Å². The second-order valence-electron chi connectivity index (χ2n) is 5.10. The van der Waals surface area contributed by atoms with Gasteiger partial charge in [0.25, 0.3) is 0 Å². The van der Waals surface area contributed by atoms with Crippen LogP contribution in [-0.2, 0) is 23.8 Å². The molecule has 0 N–H and O–H groups in total. The molecule has 5 nitrogen and oxygen atoms in total. The summed E-state index contributed by atoms with van der Waals surface area (Å²) in [4.78, 5) is 23.7.